The minimum atomic E-state index is -4.58. The Hall–Kier alpha value is -4.53. The molecule has 9 nitrogen and oxygen atoms in total. The molecule has 1 aromatic heterocycles. The second kappa shape index (κ2) is 11.7. The Balaban J connectivity index is 0.00000456. The number of nitriles is 1. The lowest BCUT2D eigenvalue weighted by Gasteiger charge is -2.21. The fourth-order valence-electron chi connectivity index (χ4n) is 3.15. The van der Waals surface area contributed by atoms with Crippen molar-refractivity contribution < 1.29 is 27.8 Å². The molecular formula is C24H25F3N6O3. The van der Waals surface area contributed by atoms with Gasteiger partial charge in [0, 0.05) is 12.1 Å². The molecular weight excluding hydrogens is 477 g/mol. The van der Waals surface area contributed by atoms with E-state index >= 15 is 0 Å². The highest BCUT2D eigenvalue weighted by atomic mass is 19.4. The average Bonchev–Trinajstić information content (AvgIpc) is 2.80. The van der Waals surface area contributed by atoms with Crippen molar-refractivity contribution in [3.8, 4) is 17.7 Å². The Morgan fingerprint density at radius 2 is 1.92 bits per heavy atom. The molecule has 0 spiro atoms. The lowest BCUT2D eigenvalue weighted by Crippen LogP contribution is -2.37. The van der Waals surface area contributed by atoms with Gasteiger partial charge < -0.3 is 26.2 Å². The molecule has 0 saturated heterocycles. The molecule has 190 valence electrons. The summed E-state index contributed by atoms with van der Waals surface area (Å²) >= 11 is 0. The fraction of sp³-hybridized carbons (Fsp3) is 0.250. The number of carbonyl (C=O) groups is 1. The van der Waals surface area contributed by atoms with Crippen LogP contribution in [0.15, 0.2) is 48.5 Å². The highest BCUT2D eigenvalue weighted by Crippen LogP contribution is 2.31. The maximum Gasteiger partial charge on any atom is 0.416 e. The number of rotatable bonds is 8. The van der Waals surface area contributed by atoms with Crippen LogP contribution in [0.25, 0.3) is 0 Å². The third-order valence-electron chi connectivity index (χ3n) is 4.75. The molecule has 1 amide bonds. The SMILES string of the molecule is C.CCOc1nc(N)nc(N[C@@H](Cc2ccc(O)cc2)C(=O)Nc2cccc(C(F)(F)F)c2)c1C#N. The van der Waals surface area contributed by atoms with Gasteiger partial charge in [-0.2, -0.15) is 28.4 Å². The number of amides is 1. The van der Waals surface area contributed by atoms with E-state index < -0.39 is 23.7 Å². The Morgan fingerprint density at radius 3 is 2.53 bits per heavy atom. The van der Waals surface area contributed by atoms with Crippen LogP contribution in [0.2, 0.25) is 0 Å². The monoisotopic (exact) mass is 502 g/mol. The van der Waals surface area contributed by atoms with Gasteiger partial charge in [0.25, 0.3) is 0 Å². The van der Waals surface area contributed by atoms with E-state index in [9.17, 15) is 28.3 Å². The van der Waals surface area contributed by atoms with Gasteiger partial charge in [-0.05, 0) is 42.8 Å². The van der Waals surface area contributed by atoms with Gasteiger partial charge in [0.05, 0.1) is 12.2 Å². The van der Waals surface area contributed by atoms with Crippen LogP contribution in [-0.4, -0.2) is 33.6 Å². The minimum Gasteiger partial charge on any atom is -0.508 e. The number of hydrogen-bond acceptors (Lipinski definition) is 8. The van der Waals surface area contributed by atoms with Gasteiger partial charge in [-0.3, -0.25) is 4.79 Å². The second-order valence-corrected chi connectivity index (χ2v) is 7.29. The predicted molar refractivity (Wildman–Crippen MR) is 128 cm³/mol. The van der Waals surface area contributed by atoms with Crippen LogP contribution in [-0.2, 0) is 17.4 Å². The number of halogens is 3. The summed E-state index contributed by atoms with van der Waals surface area (Å²) in [6.07, 6.45) is -4.55. The summed E-state index contributed by atoms with van der Waals surface area (Å²) in [6, 6.07) is 11.0. The number of hydrogen-bond donors (Lipinski definition) is 4. The molecule has 0 fully saturated rings. The van der Waals surface area contributed by atoms with E-state index in [-0.39, 0.29) is 55.1 Å². The van der Waals surface area contributed by atoms with Crippen LogP contribution in [0.5, 0.6) is 11.6 Å². The number of nitrogens with zero attached hydrogens (tertiary/aromatic N) is 3. The summed E-state index contributed by atoms with van der Waals surface area (Å²) < 4.78 is 44.6. The summed E-state index contributed by atoms with van der Waals surface area (Å²) in [5, 5.41) is 24.4. The Labute approximate surface area is 205 Å². The Kier molecular flexibility index (Phi) is 9.04. The summed E-state index contributed by atoms with van der Waals surface area (Å²) in [7, 11) is 0. The first-order chi connectivity index (χ1) is 16.6. The van der Waals surface area contributed by atoms with Gasteiger partial charge in [-0.15, -0.1) is 0 Å². The average molecular weight is 502 g/mol. The lowest BCUT2D eigenvalue weighted by molar-refractivity contribution is -0.137. The molecule has 0 bridgehead atoms. The molecule has 12 heteroatoms. The minimum absolute atomic E-state index is 0. The normalized spacial score (nSPS) is 11.5. The number of benzene rings is 2. The standard InChI is InChI=1S/C23H21F3N6O3.CH4/c1-2-35-21-17(12-27)19(31-22(28)32-21)30-18(10-13-6-8-16(33)9-7-13)20(34)29-15-5-3-4-14(11-15)23(24,25)26;/h3-9,11,18,33H,2,10H2,1H3,(H,29,34)(H3,28,30,31,32);1H4/t18-;/m0./s1. The Morgan fingerprint density at radius 1 is 1.22 bits per heavy atom. The van der Waals surface area contributed by atoms with E-state index in [4.69, 9.17) is 10.5 Å². The molecule has 3 rings (SSSR count). The maximum atomic E-state index is 13.2. The van der Waals surface area contributed by atoms with E-state index in [1.165, 1.54) is 24.3 Å². The molecule has 3 aromatic rings. The van der Waals surface area contributed by atoms with Gasteiger partial charge >= 0.3 is 6.18 Å². The van der Waals surface area contributed by atoms with Crippen LogP contribution >= 0.6 is 0 Å². The zero-order valence-corrected chi connectivity index (χ0v) is 18.4. The first kappa shape index (κ1) is 27.7. The molecule has 0 aliphatic heterocycles. The number of phenols is 1. The third-order valence-corrected chi connectivity index (χ3v) is 4.75. The summed E-state index contributed by atoms with van der Waals surface area (Å²) in [4.78, 5) is 21.0. The van der Waals surface area contributed by atoms with Gasteiger partial charge in [-0.25, -0.2) is 0 Å². The van der Waals surface area contributed by atoms with Crippen LogP contribution in [0.4, 0.5) is 30.6 Å². The van der Waals surface area contributed by atoms with Gasteiger partial charge in [-0.1, -0.05) is 25.6 Å². The topological polar surface area (TPSA) is 146 Å². The molecule has 0 radical (unpaired) electrons. The number of phenolic OH excluding ortho intramolecular Hbond substituents is 1. The predicted octanol–water partition coefficient (Wildman–Crippen LogP) is 4.35. The highest BCUT2D eigenvalue weighted by molar-refractivity contribution is 5.97. The molecule has 5 N–H and O–H groups in total. The molecule has 36 heavy (non-hydrogen) atoms. The second-order valence-electron chi connectivity index (χ2n) is 7.29. The van der Waals surface area contributed by atoms with Gasteiger partial charge in [0.15, 0.2) is 11.4 Å². The summed E-state index contributed by atoms with van der Waals surface area (Å²) in [6.45, 7) is 1.88. The van der Waals surface area contributed by atoms with Crippen molar-refractivity contribution in [1.82, 2.24) is 9.97 Å². The van der Waals surface area contributed by atoms with Crippen molar-refractivity contribution in [2.45, 2.75) is 33.0 Å². The van der Waals surface area contributed by atoms with E-state index in [2.05, 4.69) is 20.6 Å². The zero-order valence-electron chi connectivity index (χ0n) is 18.4. The van der Waals surface area contributed by atoms with E-state index in [0.29, 0.717) is 5.56 Å². The molecule has 0 aliphatic carbocycles. The first-order valence-corrected chi connectivity index (χ1v) is 10.3. The number of aromatic hydroxyl groups is 1. The largest absolute Gasteiger partial charge is 0.508 e. The van der Waals surface area contributed by atoms with Gasteiger partial charge in [0.1, 0.15) is 17.9 Å². The molecule has 1 atom stereocenters. The molecule has 2 aromatic carbocycles. The number of ether oxygens (including phenoxy) is 1. The van der Waals surface area contributed by atoms with Gasteiger partial charge in [0.2, 0.25) is 17.7 Å². The summed E-state index contributed by atoms with van der Waals surface area (Å²) in [5.74, 6) is -1.05. The fourth-order valence-corrected chi connectivity index (χ4v) is 3.15. The number of alkyl halides is 3. The van der Waals surface area contributed by atoms with E-state index in [1.54, 1.807) is 19.1 Å². The van der Waals surface area contributed by atoms with Crippen LogP contribution in [0, 0.1) is 11.3 Å². The molecule has 1 heterocycles. The number of nitrogens with one attached hydrogen (secondary N) is 2. The van der Waals surface area contributed by atoms with Crippen LogP contribution in [0.1, 0.15) is 31.0 Å². The van der Waals surface area contributed by atoms with Crippen molar-refractivity contribution in [3.05, 3.63) is 65.2 Å². The van der Waals surface area contributed by atoms with E-state index in [1.807, 2.05) is 6.07 Å². The number of nitrogens with two attached hydrogens (primary N) is 1. The van der Waals surface area contributed by atoms with Crippen molar-refractivity contribution in [2.24, 2.45) is 0 Å². The van der Waals surface area contributed by atoms with Crippen molar-refractivity contribution in [3.63, 3.8) is 0 Å². The molecule has 0 unspecified atom stereocenters. The van der Waals surface area contributed by atoms with Crippen LogP contribution in [0.3, 0.4) is 0 Å². The van der Waals surface area contributed by atoms with Crippen molar-refractivity contribution in [1.29, 1.82) is 5.26 Å². The number of aromatic nitrogens is 2. The van der Waals surface area contributed by atoms with Crippen molar-refractivity contribution >= 4 is 23.4 Å². The number of anilines is 3. The highest BCUT2D eigenvalue weighted by Gasteiger charge is 2.31. The lowest BCUT2D eigenvalue weighted by atomic mass is 10.0. The first-order valence-electron chi connectivity index (χ1n) is 10.3. The summed E-state index contributed by atoms with van der Waals surface area (Å²) in [5.41, 5.74) is 5.26. The third kappa shape index (κ3) is 6.99. The van der Waals surface area contributed by atoms with Crippen molar-refractivity contribution in [2.75, 3.05) is 23.0 Å². The smallest absolute Gasteiger partial charge is 0.416 e. The zero-order chi connectivity index (χ0) is 25.6. The molecule has 0 saturated carbocycles. The van der Waals surface area contributed by atoms with Crippen LogP contribution < -0.4 is 21.1 Å². The Bertz CT molecular complexity index is 1240. The quantitative estimate of drug-likeness (QED) is 0.356. The maximum absolute atomic E-state index is 13.2. The number of nitrogen functional groups attached to an aromatic ring is 1. The number of carbonyl (C=O) groups excluding carboxylic acids is 1. The molecule has 0 aliphatic rings. The van der Waals surface area contributed by atoms with E-state index in [0.717, 1.165) is 12.1 Å².